The van der Waals surface area contributed by atoms with E-state index in [1.54, 1.807) is 18.2 Å². The van der Waals surface area contributed by atoms with E-state index in [1.807, 2.05) is 12.1 Å². The number of aldehydes is 1. The van der Waals surface area contributed by atoms with Gasteiger partial charge in [-0.25, -0.2) is 0 Å². The summed E-state index contributed by atoms with van der Waals surface area (Å²) in [6.45, 7) is 3.62. The Morgan fingerprint density at radius 3 is 2.71 bits per heavy atom. The molecular formula is C12H12O2. The standard InChI is InChI=1S/C12H12O2/c1-2-5-10-6-3-4-7-11(10)12(14)8-9-13/h2-4,6-7,9H,1,5,8H2. The highest BCUT2D eigenvalue weighted by atomic mass is 16.1. The first kappa shape index (κ1) is 10.4. The third kappa shape index (κ3) is 2.39. The number of hydrogen-bond donors (Lipinski definition) is 0. The van der Waals surface area contributed by atoms with Crippen molar-refractivity contribution in [1.82, 2.24) is 0 Å². The minimum Gasteiger partial charge on any atom is -0.303 e. The van der Waals surface area contributed by atoms with Crippen LogP contribution >= 0.6 is 0 Å². The molecule has 0 saturated heterocycles. The molecule has 0 radical (unpaired) electrons. The van der Waals surface area contributed by atoms with E-state index in [2.05, 4.69) is 6.58 Å². The molecular weight excluding hydrogens is 176 g/mol. The molecule has 0 aliphatic carbocycles. The number of ketones is 1. The van der Waals surface area contributed by atoms with Crippen molar-refractivity contribution < 1.29 is 9.59 Å². The largest absolute Gasteiger partial charge is 0.303 e. The summed E-state index contributed by atoms with van der Waals surface area (Å²) in [7, 11) is 0. The van der Waals surface area contributed by atoms with Crippen LogP contribution in [0.25, 0.3) is 0 Å². The summed E-state index contributed by atoms with van der Waals surface area (Å²) in [5, 5.41) is 0. The van der Waals surface area contributed by atoms with E-state index in [0.29, 0.717) is 18.3 Å². The summed E-state index contributed by atoms with van der Waals surface area (Å²) in [5.41, 5.74) is 1.55. The summed E-state index contributed by atoms with van der Waals surface area (Å²) in [6.07, 6.45) is 2.98. The van der Waals surface area contributed by atoms with Gasteiger partial charge in [0.15, 0.2) is 5.78 Å². The van der Waals surface area contributed by atoms with Crippen LogP contribution in [0.15, 0.2) is 36.9 Å². The van der Waals surface area contributed by atoms with Crippen LogP contribution < -0.4 is 0 Å². The fourth-order valence-electron chi connectivity index (χ4n) is 1.31. The van der Waals surface area contributed by atoms with E-state index < -0.39 is 0 Å². The number of rotatable bonds is 5. The van der Waals surface area contributed by atoms with Crippen molar-refractivity contribution in [3.8, 4) is 0 Å². The Morgan fingerprint density at radius 1 is 1.36 bits per heavy atom. The molecule has 0 aliphatic rings. The predicted octanol–water partition coefficient (Wildman–Crippen LogP) is 2.19. The molecule has 0 aromatic heterocycles. The van der Waals surface area contributed by atoms with Gasteiger partial charge in [-0.1, -0.05) is 30.3 Å². The van der Waals surface area contributed by atoms with Crippen LogP contribution in [0.1, 0.15) is 22.3 Å². The van der Waals surface area contributed by atoms with Crippen LogP contribution in [0.4, 0.5) is 0 Å². The van der Waals surface area contributed by atoms with Gasteiger partial charge in [-0.3, -0.25) is 4.79 Å². The van der Waals surface area contributed by atoms with Gasteiger partial charge in [0.25, 0.3) is 0 Å². The lowest BCUT2D eigenvalue weighted by molar-refractivity contribution is -0.107. The number of Topliss-reactive ketones (excluding diaryl/α,β-unsaturated/α-hetero) is 1. The smallest absolute Gasteiger partial charge is 0.170 e. The topological polar surface area (TPSA) is 34.1 Å². The highest BCUT2D eigenvalue weighted by Gasteiger charge is 2.08. The van der Waals surface area contributed by atoms with E-state index in [1.165, 1.54) is 0 Å². The monoisotopic (exact) mass is 188 g/mol. The maximum Gasteiger partial charge on any atom is 0.170 e. The minimum absolute atomic E-state index is 0.0475. The van der Waals surface area contributed by atoms with Gasteiger partial charge in [-0.2, -0.15) is 0 Å². The molecule has 14 heavy (non-hydrogen) atoms. The van der Waals surface area contributed by atoms with E-state index in [4.69, 9.17) is 0 Å². The first-order valence-electron chi connectivity index (χ1n) is 4.45. The van der Waals surface area contributed by atoms with Crippen LogP contribution in [0, 0.1) is 0 Å². The molecule has 2 heteroatoms. The van der Waals surface area contributed by atoms with Gasteiger partial charge < -0.3 is 4.79 Å². The molecule has 0 atom stereocenters. The molecule has 0 heterocycles. The van der Waals surface area contributed by atoms with E-state index in [0.717, 1.165) is 5.56 Å². The van der Waals surface area contributed by atoms with Gasteiger partial charge in [-0.05, 0) is 12.0 Å². The Morgan fingerprint density at radius 2 is 2.07 bits per heavy atom. The third-order valence-electron chi connectivity index (χ3n) is 1.95. The van der Waals surface area contributed by atoms with Gasteiger partial charge in [0.05, 0.1) is 6.42 Å². The minimum atomic E-state index is -0.127. The van der Waals surface area contributed by atoms with Crippen LogP contribution in [-0.2, 0) is 11.2 Å². The first-order valence-corrected chi connectivity index (χ1v) is 4.45. The second-order valence-corrected chi connectivity index (χ2v) is 2.94. The normalized spacial score (nSPS) is 9.43. The molecule has 0 aliphatic heterocycles. The fourth-order valence-corrected chi connectivity index (χ4v) is 1.31. The first-order chi connectivity index (χ1) is 6.79. The maximum atomic E-state index is 11.5. The Hall–Kier alpha value is -1.70. The molecule has 1 aromatic carbocycles. The van der Waals surface area contributed by atoms with Crippen molar-refractivity contribution in [3.05, 3.63) is 48.0 Å². The molecule has 0 fully saturated rings. The van der Waals surface area contributed by atoms with E-state index in [-0.39, 0.29) is 12.2 Å². The quantitative estimate of drug-likeness (QED) is 0.307. The van der Waals surface area contributed by atoms with E-state index in [9.17, 15) is 9.59 Å². The Kier molecular flexibility index (Phi) is 3.80. The van der Waals surface area contributed by atoms with Crippen LogP contribution in [0.2, 0.25) is 0 Å². The van der Waals surface area contributed by atoms with Gasteiger partial charge >= 0.3 is 0 Å². The average Bonchev–Trinajstić information content (AvgIpc) is 2.19. The van der Waals surface area contributed by atoms with Crippen molar-refractivity contribution in [2.24, 2.45) is 0 Å². The van der Waals surface area contributed by atoms with Gasteiger partial charge in [-0.15, -0.1) is 6.58 Å². The molecule has 0 amide bonds. The highest BCUT2D eigenvalue weighted by molar-refractivity contribution is 6.03. The summed E-state index contributed by atoms with van der Waals surface area (Å²) in [4.78, 5) is 21.7. The predicted molar refractivity (Wildman–Crippen MR) is 55.4 cm³/mol. The van der Waals surface area contributed by atoms with E-state index >= 15 is 0 Å². The van der Waals surface area contributed by atoms with Gasteiger partial charge in [0, 0.05) is 5.56 Å². The lowest BCUT2D eigenvalue weighted by atomic mass is 10.00. The van der Waals surface area contributed by atoms with Crippen LogP contribution in [0.3, 0.4) is 0 Å². The zero-order chi connectivity index (χ0) is 10.4. The van der Waals surface area contributed by atoms with Crippen LogP contribution in [-0.4, -0.2) is 12.1 Å². The zero-order valence-electron chi connectivity index (χ0n) is 7.90. The Bertz CT molecular complexity index is 353. The molecule has 1 rings (SSSR count). The molecule has 0 N–H and O–H groups in total. The molecule has 0 unspecified atom stereocenters. The number of allylic oxidation sites excluding steroid dienone is 1. The average molecular weight is 188 g/mol. The molecule has 0 spiro atoms. The number of benzene rings is 1. The van der Waals surface area contributed by atoms with Crippen molar-refractivity contribution >= 4 is 12.1 Å². The summed E-state index contributed by atoms with van der Waals surface area (Å²) < 4.78 is 0. The van der Waals surface area contributed by atoms with Crippen LogP contribution in [0.5, 0.6) is 0 Å². The van der Waals surface area contributed by atoms with Crippen molar-refractivity contribution in [3.63, 3.8) is 0 Å². The summed E-state index contributed by atoms with van der Waals surface area (Å²) in [6, 6.07) is 7.28. The molecule has 0 saturated carbocycles. The maximum absolute atomic E-state index is 11.5. The zero-order valence-corrected chi connectivity index (χ0v) is 7.90. The second kappa shape index (κ2) is 5.12. The third-order valence-corrected chi connectivity index (χ3v) is 1.95. The lowest BCUT2D eigenvalue weighted by Crippen LogP contribution is -2.03. The molecule has 72 valence electrons. The number of hydrogen-bond acceptors (Lipinski definition) is 2. The number of carbonyl (C=O) groups is 2. The Balaban J connectivity index is 2.99. The van der Waals surface area contributed by atoms with Gasteiger partial charge in [0.1, 0.15) is 6.29 Å². The van der Waals surface area contributed by atoms with Gasteiger partial charge in [0.2, 0.25) is 0 Å². The summed E-state index contributed by atoms with van der Waals surface area (Å²) >= 11 is 0. The molecule has 2 nitrogen and oxygen atoms in total. The van der Waals surface area contributed by atoms with Crippen molar-refractivity contribution in [1.29, 1.82) is 0 Å². The SMILES string of the molecule is C=CCc1ccccc1C(=O)CC=O. The molecule has 1 aromatic rings. The summed E-state index contributed by atoms with van der Waals surface area (Å²) in [5.74, 6) is -0.127. The van der Waals surface area contributed by atoms with Crippen molar-refractivity contribution in [2.45, 2.75) is 12.8 Å². The second-order valence-electron chi connectivity index (χ2n) is 2.94. The van der Waals surface area contributed by atoms with Crippen molar-refractivity contribution in [2.75, 3.05) is 0 Å². The highest BCUT2D eigenvalue weighted by Crippen LogP contribution is 2.11. The molecule has 0 bridgehead atoms. The fraction of sp³-hybridized carbons (Fsp3) is 0.167. The lowest BCUT2D eigenvalue weighted by Gasteiger charge is -2.03. The number of carbonyl (C=O) groups excluding carboxylic acids is 2. The Labute approximate surface area is 83.3 Å².